The van der Waals surface area contributed by atoms with E-state index in [9.17, 15) is 12.8 Å². The highest BCUT2D eigenvalue weighted by Gasteiger charge is 2.31. The van der Waals surface area contributed by atoms with Crippen molar-refractivity contribution in [2.75, 3.05) is 13.1 Å². The van der Waals surface area contributed by atoms with Crippen LogP contribution in [0.25, 0.3) is 0 Å². The van der Waals surface area contributed by atoms with Crippen LogP contribution in [-0.4, -0.2) is 42.1 Å². The van der Waals surface area contributed by atoms with Gasteiger partial charge in [-0.05, 0) is 50.1 Å². The Balaban J connectivity index is 1.72. The van der Waals surface area contributed by atoms with Gasteiger partial charge in [0.1, 0.15) is 11.9 Å². The van der Waals surface area contributed by atoms with Crippen molar-refractivity contribution in [2.45, 2.75) is 30.8 Å². The molecule has 128 valence electrons. The molecular formula is C16H18FN3O3S. The number of aryl methyl sites for hydroxylation is 1. The Morgan fingerprint density at radius 3 is 2.58 bits per heavy atom. The molecule has 2 heterocycles. The quantitative estimate of drug-likeness (QED) is 0.844. The van der Waals surface area contributed by atoms with Crippen LogP contribution in [0.3, 0.4) is 0 Å². The van der Waals surface area contributed by atoms with Gasteiger partial charge in [-0.3, -0.25) is 0 Å². The molecule has 2 aromatic rings. The summed E-state index contributed by atoms with van der Waals surface area (Å²) < 4.78 is 45.5. The molecule has 1 aliphatic rings. The van der Waals surface area contributed by atoms with E-state index in [1.165, 1.54) is 16.4 Å². The standard InChI is InChI=1S/C16H18FN3O3S/c1-12-4-9-16(19-18-12)23-14-3-2-10-20(11-14)24(21,22)15-7-5-13(17)6-8-15/h4-9,14H,2-3,10-11H2,1H3. The lowest BCUT2D eigenvalue weighted by Gasteiger charge is -2.31. The number of ether oxygens (including phenoxy) is 1. The number of hydrogen-bond donors (Lipinski definition) is 0. The zero-order valence-corrected chi connectivity index (χ0v) is 14.0. The second-order valence-corrected chi connectivity index (χ2v) is 7.65. The first-order valence-electron chi connectivity index (χ1n) is 7.68. The maximum atomic E-state index is 13.0. The molecule has 1 aromatic carbocycles. The Kier molecular flexibility index (Phi) is 4.77. The molecule has 1 aromatic heterocycles. The van der Waals surface area contributed by atoms with Crippen molar-refractivity contribution in [3.05, 3.63) is 47.9 Å². The van der Waals surface area contributed by atoms with Crippen molar-refractivity contribution >= 4 is 10.0 Å². The molecule has 1 aliphatic heterocycles. The topological polar surface area (TPSA) is 72.4 Å². The van der Waals surface area contributed by atoms with Crippen LogP contribution >= 0.6 is 0 Å². The van der Waals surface area contributed by atoms with Crippen LogP contribution in [0.2, 0.25) is 0 Å². The number of piperidine rings is 1. The average Bonchev–Trinajstić information content (AvgIpc) is 2.58. The maximum Gasteiger partial charge on any atom is 0.243 e. The number of halogens is 1. The zero-order chi connectivity index (χ0) is 17.2. The summed E-state index contributed by atoms with van der Waals surface area (Å²) in [7, 11) is -3.66. The average molecular weight is 351 g/mol. The summed E-state index contributed by atoms with van der Waals surface area (Å²) in [6, 6.07) is 8.36. The minimum absolute atomic E-state index is 0.0830. The highest BCUT2D eigenvalue weighted by atomic mass is 32.2. The van der Waals surface area contributed by atoms with Crippen LogP contribution in [0.1, 0.15) is 18.5 Å². The van der Waals surface area contributed by atoms with Crippen LogP contribution in [0.15, 0.2) is 41.3 Å². The normalized spacial score (nSPS) is 19.2. The van der Waals surface area contributed by atoms with E-state index in [2.05, 4.69) is 10.2 Å². The Morgan fingerprint density at radius 2 is 1.92 bits per heavy atom. The van der Waals surface area contributed by atoms with E-state index in [1.54, 1.807) is 12.1 Å². The Hall–Kier alpha value is -2.06. The third-order valence-electron chi connectivity index (χ3n) is 3.85. The first-order valence-corrected chi connectivity index (χ1v) is 9.12. The first kappa shape index (κ1) is 16.8. The Labute approximate surface area is 140 Å². The van der Waals surface area contributed by atoms with Crippen molar-refractivity contribution in [3.63, 3.8) is 0 Å². The van der Waals surface area contributed by atoms with Crippen LogP contribution < -0.4 is 4.74 Å². The summed E-state index contributed by atoms with van der Waals surface area (Å²) in [6.07, 6.45) is 1.14. The van der Waals surface area contributed by atoms with Crippen molar-refractivity contribution in [3.8, 4) is 5.88 Å². The smallest absolute Gasteiger partial charge is 0.243 e. The predicted molar refractivity (Wildman–Crippen MR) is 85.6 cm³/mol. The van der Waals surface area contributed by atoms with Gasteiger partial charge in [-0.1, -0.05) is 0 Å². The summed E-state index contributed by atoms with van der Waals surface area (Å²) in [4.78, 5) is 0.0830. The molecule has 24 heavy (non-hydrogen) atoms. The number of benzene rings is 1. The van der Waals surface area contributed by atoms with Crippen molar-refractivity contribution in [2.24, 2.45) is 0 Å². The molecule has 0 bridgehead atoms. The largest absolute Gasteiger partial charge is 0.472 e. The fourth-order valence-electron chi connectivity index (χ4n) is 2.60. The zero-order valence-electron chi connectivity index (χ0n) is 13.2. The van der Waals surface area contributed by atoms with E-state index >= 15 is 0 Å². The lowest BCUT2D eigenvalue weighted by atomic mass is 10.1. The molecule has 0 N–H and O–H groups in total. The van der Waals surface area contributed by atoms with Gasteiger partial charge >= 0.3 is 0 Å². The van der Waals surface area contributed by atoms with Crippen molar-refractivity contribution < 1.29 is 17.5 Å². The Bertz CT molecular complexity index is 794. The molecule has 0 radical (unpaired) electrons. The van der Waals surface area contributed by atoms with Gasteiger partial charge in [0.25, 0.3) is 0 Å². The van der Waals surface area contributed by atoms with Crippen molar-refractivity contribution in [1.82, 2.24) is 14.5 Å². The molecule has 1 saturated heterocycles. The van der Waals surface area contributed by atoms with Crippen LogP contribution in [-0.2, 0) is 10.0 Å². The number of sulfonamides is 1. The van der Waals surface area contributed by atoms with Gasteiger partial charge in [-0.25, -0.2) is 12.8 Å². The summed E-state index contributed by atoms with van der Waals surface area (Å²) in [5, 5.41) is 7.87. The van der Waals surface area contributed by atoms with Gasteiger partial charge in [-0.15, -0.1) is 5.10 Å². The molecule has 1 unspecified atom stereocenters. The Morgan fingerprint density at radius 1 is 1.17 bits per heavy atom. The number of nitrogens with zero attached hydrogens (tertiary/aromatic N) is 3. The minimum Gasteiger partial charge on any atom is -0.472 e. The second-order valence-electron chi connectivity index (χ2n) is 5.71. The van der Waals surface area contributed by atoms with Crippen LogP contribution in [0, 0.1) is 12.7 Å². The molecule has 1 fully saturated rings. The summed E-state index contributed by atoms with van der Waals surface area (Å²) in [5.41, 5.74) is 0.784. The molecule has 3 rings (SSSR count). The van der Waals surface area contributed by atoms with E-state index in [4.69, 9.17) is 4.74 Å². The van der Waals surface area contributed by atoms with Gasteiger partial charge in [0.15, 0.2) is 0 Å². The minimum atomic E-state index is -3.66. The third kappa shape index (κ3) is 3.70. The van der Waals surface area contributed by atoms with E-state index in [0.717, 1.165) is 24.2 Å². The molecule has 0 aliphatic carbocycles. The molecular weight excluding hydrogens is 333 g/mol. The fraction of sp³-hybridized carbons (Fsp3) is 0.375. The third-order valence-corrected chi connectivity index (χ3v) is 5.73. The number of hydrogen-bond acceptors (Lipinski definition) is 5. The number of aromatic nitrogens is 2. The highest BCUT2D eigenvalue weighted by Crippen LogP contribution is 2.23. The van der Waals surface area contributed by atoms with E-state index in [-0.39, 0.29) is 17.5 Å². The SMILES string of the molecule is Cc1ccc(OC2CCCN(S(=O)(=O)c3ccc(F)cc3)C2)nn1. The van der Waals surface area contributed by atoms with Gasteiger partial charge in [0, 0.05) is 12.6 Å². The van der Waals surface area contributed by atoms with Crippen molar-refractivity contribution in [1.29, 1.82) is 0 Å². The summed E-state index contributed by atoms with van der Waals surface area (Å²) >= 11 is 0. The van der Waals surface area contributed by atoms with E-state index in [1.807, 2.05) is 6.92 Å². The highest BCUT2D eigenvalue weighted by molar-refractivity contribution is 7.89. The van der Waals surface area contributed by atoms with Gasteiger partial charge < -0.3 is 4.74 Å². The molecule has 1 atom stereocenters. The van der Waals surface area contributed by atoms with Gasteiger partial charge in [-0.2, -0.15) is 9.40 Å². The summed E-state index contributed by atoms with van der Waals surface area (Å²) in [5.74, 6) is -0.0848. The fourth-order valence-corrected chi connectivity index (χ4v) is 4.11. The molecule has 6 nitrogen and oxygen atoms in total. The van der Waals surface area contributed by atoms with E-state index in [0.29, 0.717) is 18.8 Å². The molecule has 0 amide bonds. The second kappa shape index (κ2) is 6.82. The lowest BCUT2D eigenvalue weighted by Crippen LogP contribution is -2.44. The lowest BCUT2D eigenvalue weighted by molar-refractivity contribution is 0.123. The number of rotatable bonds is 4. The molecule has 0 spiro atoms. The van der Waals surface area contributed by atoms with Crippen LogP contribution in [0.4, 0.5) is 4.39 Å². The molecule has 0 saturated carbocycles. The van der Waals surface area contributed by atoms with Gasteiger partial charge in [0.2, 0.25) is 15.9 Å². The monoisotopic (exact) mass is 351 g/mol. The maximum absolute atomic E-state index is 13.0. The van der Waals surface area contributed by atoms with Crippen LogP contribution in [0.5, 0.6) is 5.88 Å². The van der Waals surface area contributed by atoms with Gasteiger partial charge in [0.05, 0.1) is 17.1 Å². The first-order chi connectivity index (χ1) is 11.4. The predicted octanol–water partition coefficient (Wildman–Crippen LogP) is 2.16. The summed E-state index contributed by atoms with van der Waals surface area (Å²) in [6.45, 7) is 2.48. The molecule has 8 heteroatoms. The van der Waals surface area contributed by atoms with E-state index < -0.39 is 15.8 Å².